The summed E-state index contributed by atoms with van der Waals surface area (Å²) in [5, 5.41) is 0. The molecule has 0 saturated carbocycles. The quantitative estimate of drug-likeness (QED) is 0.536. The highest BCUT2D eigenvalue weighted by Crippen LogP contribution is 2.39. The third kappa shape index (κ3) is 4.18. The molecule has 0 unspecified atom stereocenters. The van der Waals surface area contributed by atoms with E-state index >= 15 is 0 Å². The Morgan fingerprint density at radius 3 is 2.10 bits per heavy atom. The van der Waals surface area contributed by atoms with E-state index in [1.54, 1.807) is 14.2 Å². The van der Waals surface area contributed by atoms with E-state index in [1.165, 1.54) is 7.11 Å². The maximum absolute atomic E-state index is 11.6. The second kappa shape index (κ2) is 8.32. The third-order valence-electron chi connectivity index (χ3n) is 5.90. The molecule has 160 valence electrons. The normalized spacial score (nSPS) is 17.0. The minimum absolute atomic E-state index is 0.180. The van der Waals surface area contributed by atoms with Crippen molar-refractivity contribution in [2.75, 3.05) is 21.3 Å². The predicted molar refractivity (Wildman–Crippen MR) is 116 cm³/mol. The zero-order valence-electron chi connectivity index (χ0n) is 18.7. The van der Waals surface area contributed by atoms with Crippen LogP contribution in [0, 0.1) is 0 Å². The first-order valence-electron chi connectivity index (χ1n) is 9.89. The van der Waals surface area contributed by atoms with Gasteiger partial charge in [0.25, 0.3) is 0 Å². The topological polar surface area (TPSA) is 63.2 Å². The summed E-state index contributed by atoms with van der Waals surface area (Å²) >= 11 is 0. The van der Waals surface area contributed by atoms with Crippen molar-refractivity contribution in [3.63, 3.8) is 0 Å². The Balaban J connectivity index is 2.08. The zero-order valence-corrected chi connectivity index (χ0v) is 18.7. The van der Waals surface area contributed by atoms with Crippen molar-refractivity contribution in [1.82, 2.24) is 0 Å². The number of benzene rings is 2. The van der Waals surface area contributed by atoms with Crippen molar-refractivity contribution in [1.29, 1.82) is 0 Å². The summed E-state index contributed by atoms with van der Waals surface area (Å²) in [7, 11) is 4.06. The second-order valence-corrected chi connectivity index (χ2v) is 8.33. The minimum Gasteiger partial charge on any atom is -0.497 e. The van der Waals surface area contributed by atoms with Crippen LogP contribution in [0.15, 0.2) is 36.4 Å². The molecule has 0 N–H and O–H groups in total. The summed E-state index contributed by atoms with van der Waals surface area (Å²) in [6.45, 7) is 8.09. The van der Waals surface area contributed by atoms with E-state index in [0.717, 1.165) is 22.2 Å². The fraction of sp³-hybridized carbons (Fsp3) is 0.435. The lowest BCUT2D eigenvalue weighted by Gasteiger charge is -2.32. The first-order chi connectivity index (χ1) is 14.1. The number of carbonyl (C=O) groups is 1. The number of esters is 1. The first-order valence-corrected chi connectivity index (χ1v) is 9.89. The van der Waals surface area contributed by atoms with Gasteiger partial charge in [-0.2, -0.15) is 0 Å². The lowest BCUT2D eigenvalue weighted by molar-refractivity contribution is -0.139. The highest BCUT2D eigenvalue weighted by molar-refractivity contribution is 6.64. The molecule has 0 aromatic heterocycles. The van der Waals surface area contributed by atoms with Gasteiger partial charge in [-0.05, 0) is 62.5 Å². The van der Waals surface area contributed by atoms with Crippen LogP contribution in [0.5, 0.6) is 11.5 Å². The molecule has 1 aliphatic heterocycles. The van der Waals surface area contributed by atoms with Crippen molar-refractivity contribution < 1.29 is 28.3 Å². The van der Waals surface area contributed by atoms with Crippen LogP contribution in [0.3, 0.4) is 0 Å². The monoisotopic (exact) mass is 412 g/mol. The molecular weight excluding hydrogens is 383 g/mol. The van der Waals surface area contributed by atoms with Gasteiger partial charge >= 0.3 is 13.1 Å². The van der Waals surface area contributed by atoms with Crippen molar-refractivity contribution in [2.24, 2.45) is 0 Å². The Hall–Kier alpha value is -2.51. The summed E-state index contributed by atoms with van der Waals surface area (Å²) in [6, 6.07) is 11.5. The molecule has 1 aliphatic rings. The molecule has 0 amide bonds. The lowest BCUT2D eigenvalue weighted by atomic mass is 9.74. The van der Waals surface area contributed by atoms with Crippen LogP contribution >= 0.6 is 0 Å². The van der Waals surface area contributed by atoms with Gasteiger partial charge < -0.3 is 23.5 Å². The van der Waals surface area contributed by atoms with Gasteiger partial charge in [0.1, 0.15) is 11.5 Å². The fourth-order valence-corrected chi connectivity index (χ4v) is 3.39. The van der Waals surface area contributed by atoms with E-state index in [1.807, 2.05) is 64.1 Å². The molecule has 6 nitrogen and oxygen atoms in total. The fourth-order valence-electron chi connectivity index (χ4n) is 3.39. The van der Waals surface area contributed by atoms with Gasteiger partial charge in [0.15, 0.2) is 0 Å². The second-order valence-electron chi connectivity index (χ2n) is 8.33. The highest BCUT2D eigenvalue weighted by Gasteiger charge is 2.52. The van der Waals surface area contributed by atoms with Crippen molar-refractivity contribution in [3.8, 4) is 22.6 Å². The van der Waals surface area contributed by atoms with Gasteiger partial charge in [-0.15, -0.1) is 0 Å². The molecule has 30 heavy (non-hydrogen) atoms. The summed E-state index contributed by atoms with van der Waals surface area (Å²) in [5.41, 5.74) is 2.52. The van der Waals surface area contributed by atoms with Gasteiger partial charge in [-0.1, -0.05) is 18.2 Å². The third-order valence-corrected chi connectivity index (χ3v) is 5.90. The Morgan fingerprint density at radius 2 is 1.53 bits per heavy atom. The van der Waals surface area contributed by atoms with Crippen LogP contribution in [0.25, 0.3) is 11.1 Å². The zero-order chi connectivity index (χ0) is 22.1. The van der Waals surface area contributed by atoms with Gasteiger partial charge in [0.05, 0.1) is 39.0 Å². The molecule has 1 heterocycles. The van der Waals surface area contributed by atoms with E-state index in [2.05, 4.69) is 0 Å². The Bertz CT molecular complexity index is 921. The molecule has 0 radical (unpaired) electrons. The summed E-state index contributed by atoms with van der Waals surface area (Å²) < 4.78 is 28.5. The molecule has 1 saturated heterocycles. The van der Waals surface area contributed by atoms with Gasteiger partial charge in [0, 0.05) is 5.56 Å². The summed E-state index contributed by atoms with van der Waals surface area (Å²) in [5.74, 6) is 1.07. The molecule has 0 bridgehead atoms. The van der Waals surface area contributed by atoms with Crippen molar-refractivity contribution in [3.05, 3.63) is 42.0 Å². The van der Waals surface area contributed by atoms with Crippen LogP contribution in [-0.4, -0.2) is 45.6 Å². The van der Waals surface area contributed by atoms with Gasteiger partial charge in [-0.3, -0.25) is 4.79 Å². The van der Waals surface area contributed by atoms with Crippen LogP contribution in [-0.2, 0) is 25.3 Å². The van der Waals surface area contributed by atoms with E-state index < -0.39 is 18.3 Å². The number of carbonyl (C=O) groups excluding carboxylic acids is 1. The maximum atomic E-state index is 11.6. The molecule has 1 fully saturated rings. The lowest BCUT2D eigenvalue weighted by Crippen LogP contribution is -2.41. The molecule has 2 aromatic rings. The van der Waals surface area contributed by atoms with E-state index in [4.69, 9.17) is 23.5 Å². The Kier molecular flexibility index (Phi) is 6.15. The smallest absolute Gasteiger partial charge is 0.495 e. The van der Waals surface area contributed by atoms with Gasteiger partial charge in [-0.25, -0.2) is 0 Å². The van der Waals surface area contributed by atoms with Crippen molar-refractivity contribution in [2.45, 2.75) is 45.3 Å². The highest BCUT2D eigenvalue weighted by atomic mass is 16.7. The largest absolute Gasteiger partial charge is 0.497 e. The number of rotatable bonds is 6. The van der Waals surface area contributed by atoms with Gasteiger partial charge in [0.2, 0.25) is 0 Å². The van der Waals surface area contributed by atoms with E-state index in [-0.39, 0.29) is 12.4 Å². The standard InChI is InChI=1S/C23H29BO6/c1-22(2)23(3,4)30-24(29-22)19-14-16(26-5)9-11-17(19)18-10-8-15(12-20(18)27-6)13-21(25)28-7/h8-12,14H,13H2,1-7H3. The van der Waals surface area contributed by atoms with E-state index in [0.29, 0.717) is 11.5 Å². The Labute approximate surface area is 178 Å². The summed E-state index contributed by atoms with van der Waals surface area (Å²) in [6.07, 6.45) is 0.180. The molecule has 0 atom stereocenters. The van der Waals surface area contributed by atoms with E-state index in [9.17, 15) is 4.79 Å². The molecule has 0 aliphatic carbocycles. The predicted octanol–water partition coefficient (Wildman–Crippen LogP) is 3.39. The SMILES string of the molecule is COC(=O)Cc1ccc(-c2ccc(OC)cc2B2OC(C)(C)C(C)(C)O2)c(OC)c1. The van der Waals surface area contributed by atoms with Crippen molar-refractivity contribution >= 4 is 18.6 Å². The molecule has 3 rings (SSSR count). The minimum atomic E-state index is -0.556. The maximum Gasteiger partial charge on any atom is 0.495 e. The summed E-state index contributed by atoms with van der Waals surface area (Å²) in [4.78, 5) is 11.6. The first kappa shape index (κ1) is 22.2. The average molecular weight is 412 g/mol. The molecular formula is C23H29BO6. The number of hydrogen-bond acceptors (Lipinski definition) is 6. The van der Waals surface area contributed by atoms with Crippen LogP contribution in [0.2, 0.25) is 0 Å². The molecule has 2 aromatic carbocycles. The number of methoxy groups -OCH3 is 3. The molecule has 7 heteroatoms. The average Bonchev–Trinajstić information content (AvgIpc) is 2.94. The molecule has 0 spiro atoms. The number of ether oxygens (including phenoxy) is 3. The van der Waals surface area contributed by atoms with Crippen LogP contribution in [0.1, 0.15) is 33.3 Å². The number of hydrogen-bond donors (Lipinski definition) is 0. The van der Waals surface area contributed by atoms with Crippen LogP contribution in [0.4, 0.5) is 0 Å². The Morgan fingerprint density at radius 1 is 0.900 bits per heavy atom. The van der Waals surface area contributed by atoms with Crippen LogP contribution < -0.4 is 14.9 Å².